The summed E-state index contributed by atoms with van der Waals surface area (Å²) in [7, 11) is -3.81. The number of carbonyl (C=O) groups is 2. The molecule has 0 aliphatic heterocycles. The van der Waals surface area contributed by atoms with Crippen molar-refractivity contribution in [3.63, 3.8) is 0 Å². The van der Waals surface area contributed by atoms with Gasteiger partial charge < -0.3 is 10.2 Å². The van der Waals surface area contributed by atoms with Crippen molar-refractivity contribution < 1.29 is 18.0 Å². The molecular weight excluding hydrogens is 509 g/mol. The van der Waals surface area contributed by atoms with Gasteiger partial charge in [-0.05, 0) is 63.4 Å². The summed E-state index contributed by atoms with van der Waals surface area (Å²) in [5.41, 5.74) is 2.46. The Bertz CT molecular complexity index is 1160. The van der Waals surface area contributed by atoms with Crippen LogP contribution in [0.2, 0.25) is 10.0 Å². The van der Waals surface area contributed by atoms with Gasteiger partial charge in [0.25, 0.3) is 0 Å². The SMILES string of the molecule is CCC(C(=O)NC(C)C)N(Cc1c(Cl)cccc1Cl)C(=O)CN(c1cc(C)ccc1C)S(C)(=O)=O. The minimum absolute atomic E-state index is 0.0498. The monoisotopic (exact) mass is 541 g/mol. The summed E-state index contributed by atoms with van der Waals surface area (Å²) in [5.74, 6) is -0.880. The lowest BCUT2D eigenvalue weighted by Crippen LogP contribution is -2.53. The summed E-state index contributed by atoms with van der Waals surface area (Å²) in [4.78, 5) is 28.1. The van der Waals surface area contributed by atoms with Gasteiger partial charge in [-0.3, -0.25) is 13.9 Å². The van der Waals surface area contributed by atoms with E-state index in [1.54, 1.807) is 44.2 Å². The zero-order chi connectivity index (χ0) is 26.5. The fourth-order valence-corrected chi connectivity index (χ4v) is 5.15. The molecule has 0 aliphatic carbocycles. The first-order valence-electron chi connectivity index (χ1n) is 11.3. The van der Waals surface area contributed by atoms with Crippen LogP contribution >= 0.6 is 23.2 Å². The zero-order valence-corrected chi connectivity index (χ0v) is 23.3. The summed E-state index contributed by atoms with van der Waals surface area (Å²) in [6, 6.07) is 9.41. The van der Waals surface area contributed by atoms with Gasteiger partial charge in [0.1, 0.15) is 12.6 Å². The molecule has 1 unspecified atom stereocenters. The quantitative estimate of drug-likeness (QED) is 0.471. The Kier molecular flexibility index (Phi) is 10.0. The fraction of sp³-hybridized carbons (Fsp3) is 0.440. The van der Waals surface area contributed by atoms with Gasteiger partial charge in [-0.25, -0.2) is 8.42 Å². The number of rotatable bonds is 10. The highest BCUT2D eigenvalue weighted by molar-refractivity contribution is 7.92. The summed E-state index contributed by atoms with van der Waals surface area (Å²) in [6.07, 6.45) is 1.37. The molecule has 0 heterocycles. The predicted octanol–water partition coefficient (Wildman–Crippen LogP) is 4.71. The van der Waals surface area contributed by atoms with Gasteiger partial charge >= 0.3 is 0 Å². The number of anilines is 1. The van der Waals surface area contributed by atoms with E-state index < -0.39 is 28.5 Å². The Labute approximate surface area is 218 Å². The van der Waals surface area contributed by atoms with Crippen molar-refractivity contribution in [1.82, 2.24) is 10.2 Å². The van der Waals surface area contributed by atoms with Crippen LogP contribution in [0.25, 0.3) is 0 Å². The molecule has 2 aromatic carbocycles. The first-order chi connectivity index (χ1) is 16.3. The van der Waals surface area contributed by atoms with E-state index in [2.05, 4.69) is 5.32 Å². The molecule has 0 fully saturated rings. The smallest absolute Gasteiger partial charge is 0.244 e. The van der Waals surface area contributed by atoms with E-state index in [0.717, 1.165) is 16.1 Å². The van der Waals surface area contributed by atoms with Crippen LogP contribution in [-0.4, -0.2) is 50.0 Å². The number of carbonyl (C=O) groups excluding carboxylic acids is 2. The molecule has 0 aromatic heterocycles. The van der Waals surface area contributed by atoms with Gasteiger partial charge in [0.15, 0.2) is 0 Å². The van der Waals surface area contributed by atoms with Crippen molar-refractivity contribution in [1.29, 1.82) is 0 Å². The van der Waals surface area contributed by atoms with Crippen LogP contribution in [0.3, 0.4) is 0 Å². The lowest BCUT2D eigenvalue weighted by molar-refractivity contribution is -0.140. The molecule has 2 amide bonds. The van der Waals surface area contributed by atoms with Crippen molar-refractivity contribution in [3.05, 3.63) is 63.1 Å². The number of aryl methyl sites for hydroxylation is 2. The fourth-order valence-electron chi connectivity index (χ4n) is 3.74. The largest absolute Gasteiger partial charge is 0.352 e. The summed E-state index contributed by atoms with van der Waals surface area (Å²) < 4.78 is 26.6. The molecule has 35 heavy (non-hydrogen) atoms. The van der Waals surface area contributed by atoms with Crippen molar-refractivity contribution in [2.75, 3.05) is 17.1 Å². The normalized spacial score (nSPS) is 12.4. The molecule has 2 rings (SSSR count). The van der Waals surface area contributed by atoms with E-state index >= 15 is 0 Å². The standard InChI is InChI=1S/C25H33Cl2N3O4S/c1-7-22(25(32)28-16(2)3)29(14-19-20(26)9-8-10-21(19)27)24(31)15-30(35(6,33)34)23-13-17(4)11-12-18(23)5/h8-13,16,22H,7,14-15H2,1-6H3,(H,28,32). The van der Waals surface area contributed by atoms with Crippen molar-refractivity contribution in [2.24, 2.45) is 0 Å². The van der Waals surface area contributed by atoms with Gasteiger partial charge in [-0.2, -0.15) is 0 Å². The average molecular weight is 543 g/mol. The highest BCUT2D eigenvalue weighted by Gasteiger charge is 2.33. The maximum atomic E-state index is 13.7. The Morgan fingerprint density at radius 1 is 1.06 bits per heavy atom. The zero-order valence-electron chi connectivity index (χ0n) is 20.9. The number of amides is 2. The van der Waals surface area contributed by atoms with E-state index in [4.69, 9.17) is 23.2 Å². The number of hydrogen-bond donors (Lipinski definition) is 1. The Balaban J connectivity index is 2.55. The van der Waals surface area contributed by atoms with Crippen LogP contribution in [-0.2, 0) is 26.2 Å². The van der Waals surface area contributed by atoms with E-state index in [-0.39, 0.29) is 18.5 Å². The van der Waals surface area contributed by atoms with Gasteiger partial charge in [0, 0.05) is 28.2 Å². The maximum absolute atomic E-state index is 13.7. The second kappa shape index (κ2) is 12.1. The lowest BCUT2D eigenvalue weighted by atomic mass is 10.1. The maximum Gasteiger partial charge on any atom is 0.244 e. The second-order valence-electron chi connectivity index (χ2n) is 8.87. The molecule has 2 aromatic rings. The van der Waals surface area contributed by atoms with Crippen LogP contribution in [0, 0.1) is 13.8 Å². The molecule has 7 nitrogen and oxygen atoms in total. The molecule has 0 radical (unpaired) electrons. The molecule has 192 valence electrons. The molecule has 0 aliphatic rings. The van der Waals surface area contributed by atoms with Gasteiger partial charge in [-0.15, -0.1) is 0 Å². The molecule has 1 atom stereocenters. The number of benzene rings is 2. The minimum atomic E-state index is -3.81. The summed E-state index contributed by atoms with van der Waals surface area (Å²) in [6.45, 7) is 8.55. The summed E-state index contributed by atoms with van der Waals surface area (Å²) in [5, 5.41) is 3.55. The molecule has 0 saturated heterocycles. The van der Waals surface area contributed by atoms with Crippen molar-refractivity contribution in [2.45, 2.75) is 59.7 Å². The molecule has 0 spiro atoms. The third-order valence-corrected chi connectivity index (χ3v) is 7.35. The number of halogens is 2. The third-order valence-electron chi connectivity index (χ3n) is 5.52. The van der Waals surface area contributed by atoms with E-state index in [0.29, 0.717) is 33.3 Å². The highest BCUT2D eigenvalue weighted by atomic mass is 35.5. The Hall–Kier alpha value is -2.29. The van der Waals surface area contributed by atoms with Gasteiger partial charge in [0.05, 0.1) is 11.9 Å². The Morgan fingerprint density at radius 3 is 2.17 bits per heavy atom. The second-order valence-corrected chi connectivity index (χ2v) is 11.6. The van der Waals surface area contributed by atoms with Crippen LogP contribution in [0.1, 0.15) is 43.9 Å². The number of nitrogens with one attached hydrogen (secondary N) is 1. The molecule has 0 saturated carbocycles. The molecule has 10 heteroatoms. The third kappa shape index (κ3) is 7.59. The van der Waals surface area contributed by atoms with E-state index in [1.165, 1.54) is 4.90 Å². The van der Waals surface area contributed by atoms with Crippen LogP contribution in [0.4, 0.5) is 5.69 Å². The van der Waals surface area contributed by atoms with Crippen molar-refractivity contribution >= 4 is 50.7 Å². The first kappa shape index (κ1) is 28.9. The van der Waals surface area contributed by atoms with E-state index in [1.807, 2.05) is 26.8 Å². The van der Waals surface area contributed by atoms with E-state index in [9.17, 15) is 18.0 Å². The van der Waals surface area contributed by atoms with Gasteiger partial charge in [0.2, 0.25) is 21.8 Å². The van der Waals surface area contributed by atoms with Crippen LogP contribution in [0.15, 0.2) is 36.4 Å². The Morgan fingerprint density at radius 2 is 1.66 bits per heavy atom. The van der Waals surface area contributed by atoms with Crippen LogP contribution in [0.5, 0.6) is 0 Å². The highest BCUT2D eigenvalue weighted by Crippen LogP contribution is 2.28. The molecular formula is C25H33Cl2N3O4S. The number of hydrogen-bond acceptors (Lipinski definition) is 4. The van der Waals surface area contributed by atoms with Crippen LogP contribution < -0.4 is 9.62 Å². The first-order valence-corrected chi connectivity index (χ1v) is 13.9. The average Bonchev–Trinajstić information content (AvgIpc) is 2.74. The topological polar surface area (TPSA) is 86.8 Å². The van der Waals surface area contributed by atoms with Crippen molar-refractivity contribution in [3.8, 4) is 0 Å². The molecule has 0 bridgehead atoms. The lowest BCUT2D eigenvalue weighted by Gasteiger charge is -2.34. The number of sulfonamides is 1. The molecule has 1 N–H and O–H groups in total. The number of nitrogens with zero attached hydrogens (tertiary/aromatic N) is 2. The predicted molar refractivity (Wildman–Crippen MR) is 142 cm³/mol. The minimum Gasteiger partial charge on any atom is -0.352 e. The summed E-state index contributed by atoms with van der Waals surface area (Å²) >= 11 is 12.7. The van der Waals surface area contributed by atoms with Gasteiger partial charge in [-0.1, -0.05) is 48.3 Å².